The van der Waals surface area contributed by atoms with Crippen molar-refractivity contribution in [3.8, 4) is 0 Å². The summed E-state index contributed by atoms with van der Waals surface area (Å²) in [5, 5.41) is 30.0. The molecule has 5 heteroatoms. The third-order valence-corrected chi connectivity index (χ3v) is 2.76. The number of nitrogens with one attached hydrogen (secondary N) is 1. The SMILES string of the molecule is CCC(C)(CCO)NCC(C)(O)C(=O)O. The van der Waals surface area contributed by atoms with Crippen molar-refractivity contribution in [2.24, 2.45) is 0 Å². The second kappa shape index (κ2) is 5.44. The second-order valence-corrected chi connectivity index (χ2v) is 4.32. The summed E-state index contributed by atoms with van der Waals surface area (Å²) < 4.78 is 0. The lowest BCUT2D eigenvalue weighted by atomic mass is 9.93. The molecule has 0 bridgehead atoms. The van der Waals surface area contributed by atoms with Crippen molar-refractivity contribution in [1.29, 1.82) is 0 Å². The molecule has 5 nitrogen and oxygen atoms in total. The molecule has 0 aliphatic carbocycles. The van der Waals surface area contributed by atoms with Crippen LogP contribution in [-0.2, 0) is 4.79 Å². The number of aliphatic carboxylic acids is 1. The summed E-state index contributed by atoms with van der Waals surface area (Å²) in [7, 11) is 0. The van der Waals surface area contributed by atoms with E-state index in [0.29, 0.717) is 6.42 Å². The standard InChI is InChI=1S/C10H21NO4/c1-4-9(2,5-6-12)11-7-10(3,15)8(13)14/h11-12,15H,4-7H2,1-3H3,(H,13,14). The highest BCUT2D eigenvalue weighted by Crippen LogP contribution is 2.15. The average Bonchev–Trinajstić information content (AvgIpc) is 2.15. The Morgan fingerprint density at radius 3 is 2.27 bits per heavy atom. The highest BCUT2D eigenvalue weighted by atomic mass is 16.4. The number of aliphatic hydroxyl groups excluding tert-OH is 1. The maximum atomic E-state index is 10.6. The molecule has 4 N–H and O–H groups in total. The minimum Gasteiger partial charge on any atom is -0.479 e. The molecule has 90 valence electrons. The number of β-amino-alcohol motifs (C(OH)–C–C–N with tert-alkyl or cyclic N) is 1. The van der Waals surface area contributed by atoms with E-state index in [1.807, 2.05) is 13.8 Å². The molecule has 0 spiro atoms. The fourth-order valence-electron chi connectivity index (χ4n) is 1.10. The normalized spacial score (nSPS) is 19.3. The van der Waals surface area contributed by atoms with Crippen LogP contribution in [0.15, 0.2) is 0 Å². The molecular weight excluding hydrogens is 198 g/mol. The largest absolute Gasteiger partial charge is 0.479 e. The maximum Gasteiger partial charge on any atom is 0.336 e. The predicted molar refractivity (Wildman–Crippen MR) is 56.7 cm³/mol. The van der Waals surface area contributed by atoms with Gasteiger partial charge in [0.25, 0.3) is 0 Å². The number of carboxylic acids is 1. The Labute approximate surface area is 90.1 Å². The van der Waals surface area contributed by atoms with Gasteiger partial charge < -0.3 is 20.6 Å². The zero-order valence-electron chi connectivity index (χ0n) is 9.58. The van der Waals surface area contributed by atoms with E-state index >= 15 is 0 Å². The molecule has 0 fully saturated rings. The van der Waals surface area contributed by atoms with E-state index < -0.39 is 11.6 Å². The molecule has 0 heterocycles. The summed E-state index contributed by atoms with van der Waals surface area (Å²) in [5.74, 6) is -1.25. The minimum atomic E-state index is -1.77. The number of carboxylic acid groups (broad SMARTS) is 1. The lowest BCUT2D eigenvalue weighted by Crippen LogP contribution is -2.52. The summed E-state index contributed by atoms with van der Waals surface area (Å²) in [6, 6.07) is 0. The number of hydrogen-bond donors (Lipinski definition) is 4. The smallest absolute Gasteiger partial charge is 0.336 e. The zero-order valence-corrected chi connectivity index (χ0v) is 9.58. The van der Waals surface area contributed by atoms with E-state index in [9.17, 15) is 9.90 Å². The van der Waals surface area contributed by atoms with Crippen molar-refractivity contribution in [3.63, 3.8) is 0 Å². The van der Waals surface area contributed by atoms with Crippen LogP contribution in [0.25, 0.3) is 0 Å². The van der Waals surface area contributed by atoms with Gasteiger partial charge in [-0.25, -0.2) is 4.79 Å². The van der Waals surface area contributed by atoms with E-state index in [4.69, 9.17) is 10.2 Å². The van der Waals surface area contributed by atoms with Crippen LogP contribution in [0.3, 0.4) is 0 Å². The molecule has 0 aromatic carbocycles. The molecule has 0 aliphatic heterocycles. The third kappa shape index (κ3) is 4.59. The van der Waals surface area contributed by atoms with Gasteiger partial charge in [0, 0.05) is 18.7 Å². The van der Waals surface area contributed by atoms with Gasteiger partial charge in [0.05, 0.1) is 0 Å². The number of aliphatic hydroxyl groups is 2. The molecule has 0 radical (unpaired) electrons. The van der Waals surface area contributed by atoms with Crippen LogP contribution in [-0.4, -0.2) is 45.6 Å². The molecule has 0 aromatic rings. The van der Waals surface area contributed by atoms with Crippen LogP contribution in [0.1, 0.15) is 33.6 Å². The Balaban J connectivity index is 4.28. The lowest BCUT2D eigenvalue weighted by Gasteiger charge is -2.32. The average molecular weight is 219 g/mol. The zero-order chi connectivity index (χ0) is 12.1. The summed E-state index contributed by atoms with van der Waals surface area (Å²) in [5.41, 5.74) is -2.11. The Hall–Kier alpha value is -0.650. The molecule has 2 unspecified atom stereocenters. The summed E-state index contributed by atoms with van der Waals surface area (Å²) in [6.07, 6.45) is 1.28. The van der Waals surface area contributed by atoms with Gasteiger partial charge in [-0.1, -0.05) is 6.92 Å². The van der Waals surface area contributed by atoms with Crippen LogP contribution in [0.5, 0.6) is 0 Å². The first-order valence-corrected chi connectivity index (χ1v) is 5.09. The maximum absolute atomic E-state index is 10.6. The van der Waals surface area contributed by atoms with Gasteiger partial charge in [-0.3, -0.25) is 0 Å². The third-order valence-electron chi connectivity index (χ3n) is 2.76. The van der Waals surface area contributed by atoms with Crippen molar-refractivity contribution in [3.05, 3.63) is 0 Å². The molecule has 15 heavy (non-hydrogen) atoms. The summed E-state index contributed by atoms with van der Waals surface area (Å²) in [4.78, 5) is 10.6. The molecule has 0 aromatic heterocycles. The fraction of sp³-hybridized carbons (Fsp3) is 0.900. The van der Waals surface area contributed by atoms with Crippen molar-refractivity contribution in [1.82, 2.24) is 5.32 Å². The monoisotopic (exact) mass is 219 g/mol. The first-order valence-electron chi connectivity index (χ1n) is 5.09. The van der Waals surface area contributed by atoms with E-state index in [2.05, 4.69) is 5.32 Å². The quantitative estimate of drug-likeness (QED) is 0.482. The molecular formula is C10H21NO4. The predicted octanol–water partition coefficient (Wildman–Crippen LogP) is -0.0373. The molecule has 0 saturated carbocycles. The van der Waals surface area contributed by atoms with Crippen LogP contribution in [0.4, 0.5) is 0 Å². The van der Waals surface area contributed by atoms with Crippen molar-refractivity contribution >= 4 is 5.97 Å². The molecule has 2 atom stereocenters. The second-order valence-electron chi connectivity index (χ2n) is 4.32. The molecule has 0 aliphatic rings. The minimum absolute atomic E-state index is 0.0343. The number of hydrogen-bond acceptors (Lipinski definition) is 4. The van der Waals surface area contributed by atoms with Gasteiger partial charge in [0.2, 0.25) is 0 Å². The molecule has 0 saturated heterocycles. The van der Waals surface area contributed by atoms with Crippen molar-refractivity contribution < 1.29 is 20.1 Å². The summed E-state index contributed by atoms with van der Waals surface area (Å²) in [6.45, 7) is 5.08. The Morgan fingerprint density at radius 2 is 1.93 bits per heavy atom. The topological polar surface area (TPSA) is 89.8 Å². The van der Waals surface area contributed by atoms with Crippen LogP contribution < -0.4 is 5.32 Å². The van der Waals surface area contributed by atoms with Crippen molar-refractivity contribution in [2.75, 3.05) is 13.2 Å². The van der Waals surface area contributed by atoms with Crippen LogP contribution in [0, 0.1) is 0 Å². The number of carbonyl (C=O) groups is 1. The first-order chi connectivity index (χ1) is 6.77. The molecule has 0 amide bonds. The highest BCUT2D eigenvalue weighted by molar-refractivity contribution is 5.76. The number of rotatable bonds is 7. The summed E-state index contributed by atoms with van der Waals surface area (Å²) >= 11 is 0. The van der Waals surface area contributed by atoms with Crippen molar-refractivity contribution in [2.45, 2.75) is 44.8 Å². The Bertz CT molecular complexity index is 217. The van der Waals surface area contributed by atoms with Gasteiger partial charge in [0.15, 0.2) is 5.60 Å². The fourth-order valence-corrected chi connectivity index (χ4v) is 1.10. The molecule has 0 rings (SSSR count). The van der Waals surface area contributed by atoms with E-state index in [1.165, 1.54) is 6.92 Å². The van der Waals surface area contributed by atoms with E-state index in [1.54, 1.807) is 0 Å². The van der Waals surface area contributed by atoms with Crippen LogP contribution in [0.2, 0.25) is 0 Å². The van der Waals surface area contributed by atoms with Crippen LogP contribution >= 0.6 is 0 Å². The Morgan fingerprint density at radius 1 is 1.40 bits per heavy atom. The van der Waals surface area contributed by atoms with Gasteiger partial charge in [-0.15, -0.1) is 0 Å². The van der Waals surface area contributed by atoms with Gasteiger partial charge in [-0.05, 0) is 26.7 Å². The Kier molecular flexibility index (Phi) is 5.20. The van der Waals surface area contributed by atoms with E-state index in [0.717, 1.165) is 6.42 Å². The van der Waals surface area contributed by atoms with Gasteiger partial charge >= 0.3 is 5.97 Å². The van der Waals surface area contributed by atoms with Gasteiger partial charge in [-0.2, -0.15) is 0 Å². The highest BCUT2D eigenvalue weighted by Gasteiger charge is 2.32. The van der Waals surface area contributed by atoms with E-state index in [-0.39, 0.29) is 18.7 Å². The lowest BCUT2D eigenvalue weighted by molar-refractivity contribution is -0.156. The van der Waals surface area contributed by atoms with Gasteiger partial charge in [0.1, 0.15) is 0 Å². The first kappa shape index (κ1) is 14.3.